The van der Waals surface area contributed by atoms with E-state index in [-0.39, 0.29) is 24.8 Å². The molecule has 2 heterocycles. The second kappa shape index (κ2) is 7.03. The molecule has 0 radical (unpaired) electrons. The molecule has 0 saturated heterocycles. The predicted molar refractivity (Wildman–Crippen MR) is 73.4 cm³/mol. The van der Waals surface area contributed by atoms with Crippen molar-refractivity contribution in [2.75, 3.05) is 6.54 Å². The average molecular weight is 293 g/mol. The van der Waals surface area contributed by atoms with Crippen LogP contribution in [0.15, 0.2) is 27.3 Å². The number of rotatable bonds is 7. The lowest BCUT2D eigenvalue weighted by molar-refractivity contribution is -0.121. The number of nitrogens with one attached hydrogen (secondary N) is 1. The number of amides is 1. The van der Waals surface area contributed by atoms with Gasteiger partial charge in [0.25, 0.3) is 0 Å². The van der Waals surface area contributed by atoms with Gasteiger partial charge in [-0.05, 0) is 12.1 Å². The van der Waals surface area contributed by atoms with Gasteiger partial charge in [-0.3, -0.25) is 4.79 Å². The Morgan fingerprint density at radius 2 is 2.29 bits per heavy atom. The zero-order valence-corrected chi connectivity index (χ0v) is 12.1. The minimum absolute atomic E-state index is 0.105. The average Bonchev–Trinajstić information content (AvgIpc) is 3.13. The second-order valence-corrected chi connectivity index (χ2v) is 5.04. The van der Waals surface area contributed by atoms with Crippen LogP contribution in [0.25, 0.3) is 0 Å². The van der Waals surface area contributed by atoms with Gasteiger partial charge in [-0.1, -0.05) is 19.0 Å². The van der Waals surface area contributed by atoms with Crippen LogP contribution in [0.1, 0.15) is 49.8 Å². The van der Waals surface area contributed by atoms with Crippen molar-refractivity contribution in [3.63, 3.8) is 0 Å². The number of furan rings is 1. The molecular formula is C14H19N3O4. The lowest BCUT2D eigenvalue weighted by atomic mass is 10.2. The van der Waals surface area contributed by atoms with Crippen molar-refractivity contribution < 1.29 is 18.8 Å². The lowest BCUT2D eigenvalue weighted by Gasteiger charge is -2.08. The molecule has 0 unspecified atom stereocenters. The van der Waals surface area contributed by atoms with Gasteiger partial charge in [0.15, 0.2) is 5.82 Å². The molecule has 0 aliphatic carbocycles. The van der Waals surface area contributed by atoms with Crippen LogP contribution in [-0.4, -0.2) is 27.7 Å². The Balaban J connectivity index is 1.72. The standard InChI is InChI=1S/C14H19N3O4/c1-9(2)14-16-13(21-17-14)6-5-12(19)15-8-10(18)11-4-3-7-20-11/h3-4,7,9-10,18H,5-6,8H2,1-2H3,(H,15,19)/t10-/m1/s1. The second-order valence-electron chi connectivity index (χ2n) is 5.04. The molecule has 1 amide bonds. The summed E-state index contributed by atoms with van der Waals surface area (Å²) in [5.41, 5.74) is 0. The SMILES string of the molecule is CC(C)c1noc(CCC(=O)NC[C@@H](O)c2ccco2)n1. The largest absolute Gasteiger partial charge is 0.467 e. The van der Waals surface area contributed by atoms with Crippen molar-refractivity contribution >= 4 is 5.91 Å². The number of carbonyl (C=O) groups is 1. The van der Waals surface area contributed by atoms with Crippen LogP contribution in [0.2, 0.25) is 0 Å². The summed E-state index contributed by atoms with van der Waals surface area (Å²) in [5.74, 6) is 1.51. The van der Waals surface area contributed by atoms with Gasteiger partial charge in [0.1, 0.15) is 11.9 Å². The Labute approximate surface area is 122 Å². The van der Waals surface area contributed by atoms with E-state index in [1.165, 1.54) is 6.26 Å². The fourth-order valence-electron chi connectivity index (χ4n) is 1.70. The number of aliphatic hydroxyl groups is 1. The maximum absolute atomic E-state index is 11.7. The molecule has 2 aromatic heterocycles. The summed E-state index contributed by atoms with van der Waals surface area (Å²) in [4.78, 5) is 15.9. The monoisotopic (exact) mass is 293 g/mol. The van der Waals surface area contributed by atoms with Gasteiger partial charge in [-0.15, -0.1) is 0 Å². The maximum atomic E-state index is 11.7. The van der Waals surface area contributed by atoms with E-state index in [9.17, 15) is 9.90 Å². The number of hydrogen-bond donors (Lipinski definition) is 2. The molecular weight excluding hydrogens is 274 g/mol. The summed E-state index contributed by atoms with van der Waals surface area (Å²) in [6.45, 7) is 4.04. The first-order chi connectivity index (χ1) is 10.1. The predicted octanol–water partition coefficient (Wildman–Crippen LogP) is 1.57. The number of carbonyl (C=O) groups excluding carboxylic acids is 1. The molecule has 2 aromatic rings. The number of nitrogens with zero attached hydrogens (tertiary/aromatic N) is 2. The fourth-order valence-corrected chi connectivity index (χ4v) is 1.70. The smallest absolute Gasteiger partial charge is 0.227 e. The van der Waals surface area contributed by atoms with Gasteiger partial charge >= 0.3 is 0 Å². The van der Waals surface area contributed by atoms with Crippen molar-refractivity contribution in [1.82, 2.24) is 15.5 Å². The molecule has 0 bridgehead atoms. The normalized spacial score (nSPS) is 12.6. The van der Waals surface area contributed by atoms with E-state index in [0.717, 1.165) is 0 Å². The van der Waals surface area contributed by atoms with Gasteiger partial charge < -0.3 is 19.4 Å². The van der Waals surface area contributed by atoms with Gasteiger partial charge in [0.2, 0.25) is 11.8 Å². The Kier molecular flexibility index (Phi) is 5.10. The van der Waals surface area contributed by atoms with E-state index in [0.29, 0.717) is 23.9 Å². The van der Waals surface area contributed by atoms with Crippen molar-refractivity contribution in [2.24, 2.45) is 0 Å². The van der Waals surface area contributed by atoms with Gasteiger partial charge in [0, 0.05) is 18.8 Å². The summed E-state index contributed by atoms with van der Waals surface area (Å²) in [7, 11) is 0. The highest BCUT2D eigenvalue weighted by Crippen LogP contribution is 2.12. The van der Waals surface area contributed by atoms with Crippen LogP contribution in [0, 0.1) is 0 Å². The zero-order valence-electron chi connectivity index (χ0n) is 12.1. The number of aliphatic hydroxyl groups excluding tert-OH is 1. The van der Waals surface area contributed by atoms with Crippen LogP contribution in [0.4, 0.5) is 0 Å². The molecule has 1 atom stereocenters. The Morgan fingerprint density at radius 3 is 2.90 bits per heavy atom. The highest BCUT2D eigenvalue weighted by molar-refractivity contribution is 5.76. The summed E-state index contributed by atoms with van der Waals surface area (Å²) >= 11 is 0. The van der Waals surface area contributed by atoms with E-state index < -0.39 is 6.10 Å². The molecule has 0 aliphatic heterocycles. The van der Waals surface area contributed by atoms with E-state index >= 15 is 0 Å². The molecule has 7 heteroatoms. The number of hydrogen-bond acceptors (Lipinski definition) is 6. The maximum Gasteiger partial charge on any atom is 0.227 e. The van der Waals surface area contributed by atoms with Crippen LogP contribution in [0.5, 0.6) is 0 Å². The summed E-state index contributed by atoms with van der Waals surface area (Å²) in [5, 5.41) is 16.2. The van der Waals surface area contributed by atoms with Crippen molar-refractivity contribution in [2.45, 2.75) is 38.7 Å². The summed E-state index contributed by atoms with van der Waals surface area (Å²) in [6, 6.07) is 3.34. The molecule has 2 N–H and O–H groups in total. The lowest BCUT2D eigenvalue weighted by Crippen LogP contribution is -2.28. The fraction of sp³-hybridized carbons (Fsp3) is 0.500. The van der Waals surface area contributed by atoms with E-state index in [1.54, 1.807) is 12.1 Å². The van der Waals surface area contributed by atoms with Crippen LogP contribution < -0.4 is 5.32 Å². The first-order valence-corrected chi connectivity index (χ1v) is 6.87. The first-order valence-electron chi connectivity index (χ1n) is 6.87. The van der Waals surface area contributed by atoms with Gasteiger partial charge in [-0.2, -0.15) is 4.98 Å². The topological polar surface area (TPSA) is 101 Å². The molecule has 0 aliphatic rings. The summed E-state index contributed by atoms with van der Waals surface area (Å²) in [6.07, 6.45) is 1.23. The first kappa shape index (κ1) is 15.2. The third-order valence-electron chi connectivity index (χ3n) is 2.93. The van der Waals surface area contributed by atoms with Crippen molar-refractivity contribution in [3.8, 4) is 0 Å². The molecule has 0 fully saturated rings. The minimum Gasteiger partial charge on any atom is -0.467 e. The number of aromatic nitrogens is 2. The molecule has 21 heavy (non-hydrogen) atoms. The molecule has 114 valence electrons. The quantitative estimate of drug-likeness (QED) is 0.803. The molecule has 7 nitrogen and oxygen atoms in total. The molecule has 0 saturated carbocycles. The van der Waals surface area contributed by atoms with Gasteiger partial charge in [-0.25, -0.2) is 0 Å². The van der Waals surface area contributed by atoms with E-state index in [2.05, 4.69) is 15.5 Å². The zero-order chi connectivity index (χ0) is 15.2. The Morgan fingerprint density at radius 1 is 1.48 bits per heavy atom. The minimum atomic E-state index is -0.847. The van der Waals surface area contributed by atoms with E-state index in [4.69, 9.17) is 8.94 Å². The van der Waals surface area contributed by atoms with Crippen LogP contribution in [0.3, 0.4) is 0 Å². The highest BCUT2D eigenvalue weighted by Gasteiger charge is 2.14. The van der Waals surface area contributed by atoms with Crippen LogP contribution >= 0.6 is 0 Å². The third kappa shape index (κ3) is 4.42. The summed E-state index contributed by atoms with van der Waals surface area (Å²) < 4.78 is 10.1. The molecule has 0 spiro atoms. The van der Waals surface area contributed by atoms with Crippen molar-refractivity contribution in [3.05, 3.63) is 35.9 Å². The Bertz CT molecular complexity index is 563. The third-order valence-corrected chi connectivity index (χ3v) is 2.93. The van der Waals surface area contributed by atoms with Gasteiger partial charge in [0.05, 0.1) is 12.8 Å². The molecule has 0 aromatic carbocycles. The van der Waals surface area contributed by atoms with E-state index in [1.807, 2.05) is 13.8 Å². The molecule has 2 rings (SSSR count). The van der Waals surface area contributed by atoms with Crippen molar-refractivity contribution in [1.29, 1.82) is 0 Å². The number of aryl methyl sites for hydroxylation is 1. The Hall–Kier alpha value is -2.15. The highest BCUT2D eigenvalue weighted by atomic mass is 16.5. The van der Waals surface area contributed by atoms with Crippen LogP contribution in [-0.2, 0) is 11.2 Å².